The molecule has 0 heterocycles. The normalized spacial score (nSPS) is 12.8. The van der Waals surface area contributed by atoms with Gasteiger partial charge in [-0.05, 0) is 27.7 Å². The van der Waals surface area contributed by atoms with Gasteiger partial charge in [0.15, 0.2) is 0 Å². The standard InChI is InChI=1S/C18H17IO3/c1-2-22-18(21)16(12-19)17(20)15-10-8-14(9-11-15)13-6-4-3-5-7-13/h3-12,17,20H,2H2,1H3/b16-12+. The Balaban J connectivity index is 2.21. The lowest BCUT2D eigenvalue weighted by Crippen LogP contribution is -2.14. The van der Waals surface area contributed by atoms with Crippen LogP contribution in [0, 0.1) is 0 Å². The lowest BCUT2D eigenvalue weighted by molar-refractivity contribution is -0.139. The Labute approximate surface area is 143 Å². The number of hydrogen-bond donors (Lipinski definition) is 1. The Morgan fingerprint density at radius 1 is 1.14 bits per heavy atom. The minimum absolute atomic E-state index is 0.245. The molecule has 2 aromatic rings. The maximum atomic E-state index is 11.8. The second-order valence-corrected chi connectivity index (χ2v) is 5.30. The zero-order valence-corrected chi connectivity index (χ0v) is 14.4. The molecule has 0 saturated carbocycles. The van der Waals surface area contributed by atoms with E-state index in [1.54, 1.807) is 11.0 Å². The lowest BCUT2D eigenvalue weighted by Gasteiger charge is -2.14. The molecule has 1 N–H and O–H groups in total. The molecule has 0 radical (unpaired) electrons. The van der Waals surface area contributed by atoms with Crippen molar-refractivity contribution < 1.29 is 14.6 Å². The predicted molar refractivity (Wildman–Crippen MR) is 95.6 cm³/mol. The number of aliphatic hydroxyl groups is 1. The zero-order valence-electron chi connectivity index (χ0n) is 12.2. The minimum atomic E-state index is -0.985. The average Bonchev–Trinajstić information content (AvgIpc) is 2.56. The van der Waals surface area contributed by atoms with E-state index in [0.717, 1.165) is 11.1 Å². The van der Waals surface area contributed by atoms with Gasteiger partial charge in [-0.1, -0.05) is 77.2 Å². The van der Waals surface area contributed by atoms with E-state index in [1.807, 2.05) is 77.2 Å². The van der Waals surface area contributed by atoms with Gasteiger partial charge in [-0.3, -0.25) is 0 Å². The molecule has 0 spiro atoms. The first-order valence-corrected chi connectivity index (χ1v) is 8.22. The van der Waals surface area contributed by atoms with Gasteiger partial charge in [-0.25, -0.2) is 4.79 Å². The van der Waals surface area contributed by atoms with Gasteiger partial charge in [-0.2, -0.15) is 0 Å². The molecular weight excluding hydrogens is 391 g/mol. The highest BCUT2D eigenvalue weighted by Crippen LogP contribution is 2.26. The molecule has 0 fully saturated rings. The molecule has 1 atom stereocenters. The number of esters is 1. The van der Waals surface area contributed by atoms with Crippen LogP contribution in [0.15, 0.2) is 64.3 Å². The fraction of sp³-hybridized carbons (Fsp3) is 0.167. The van der Waals surface area contributed by atoms with E-state index in [1.165, 1.54) is 0 Å². The van der Waals surface area contributed by atoms with Crippen LogP contribution in [0.5, 0.6) is 0 Å². The summed E-state index contributed by atoms with van der Waals surface area (Å²) in [5.41, 5.74) is 3.08. The van der Waals surface area contributed by atoms with Gasteiger partial charge in [0.25, 0.3) is 0 Å². The number of hydrogen-bond acceptors (Lipinski definition) is 3. The van der Waals surface area contributed by atoms with Crippen molar-refractivity contribution in [2.24, 2.45) is 0 Å². The van der Waals surface area contributed by atoms with Gasteiger partial charge in [0.2, 0.25) is 0 Å². The van der Waals surface area contributed by atoms with Crippen LogP contribution in [0.3, 0.4) is 0 Å². The molecule has 22 heavy (non-hydrogen) atoms. The van der Waals surface area contributed by atoms with Gasteiger partial charge in [0, 0.05) is 0 Å². The van der Waals surface area contributed by atoms with Crippen LogP contribution in [-0.2, 0) is 9.53 Å². The highest BCUT2D eigenvalue weighted by Gasteiger charge is 2.21. The molecule has 2 rings (SSSR count). The molecule has 0 saturated heterocycles. The van der Waals surface area contributed by atoms with E-state index in [-0.39, 0.29) is 12.2 Å². The van der Waals surface area contributed by atoms with Crippen LogP contribution in [-0.4, -0.2) is 17.7 Å². The van der Waals surface area contributed by atoms with Crippen LogP contribution in [0.1, 0.15) is 18.6 Å². The minimum Gasteiger partial charge on any atom is -0.463 e. The van der Waals surface area contributed by atoms with E-state index in [9.17, 15) is 9.90 Å². The summed E-state index contributed by atoms with van der Waals surface area (Å²) in [4.78, 5) is 11.8. The number of aliphatic hydroxyl groups excluding tert-OH is 1. The second kappa shape index (κ2) is 8.10. The Kier molecular flexibility index (Phi) is 6.15. The van der Waals surface area contributed by atoms with Crippen LogP contribution in [0.2, 0.25) is 0 Å². The summed E-state index contributed by atoms with van der Waals surface area (Å²) in [6, 6.07) is 17.5. The highest BCUT2D eigenvalue weighted by atomic mass is 127. The maximum Gasteiger partial charge on any atom is 0.337 e. The van der Waals surface area contributed by atoms with Gasteiger partial charge in [-0.15, -0.1) is 0 Å². The van der Waals surface area contributed by atoms with Crippen LogP contribution < -0.4 is 0 Å². The molecule has 0 bridgehead atoms. The van der Waals surface area contributed by atoms with Crippen LogP contribution in [0.4, 0.5) is 0 Å². The second-order valence-electron chi connectivity index (χ2n) is 4.68. The first-order chi connectivity index (χ1) is 10.7. The van der Waals surface area contributed by atoms with E-state index in [2.05, 4.69) is 0 Å². The number of benzene rings is 2. The third-order valence-electron chi connectivity index (χ3n) is 3.26. The summed E-state index contributed by atoms with van der Waals surface area (Å²) in [6.45, 7) is 2.02. The van der Waals surface area contributed by atoms with Crippen molar-refractivity contribution in [3.05, 3.63) is 69.8 Å². The monoisotopic (exact) mass is 408 g/mol. The zero-order chi connectivity index (χ0) is 15.9. The molecule has 0 amide bonds. The highest BCUT2D eigenvalue weighted by molar-refractivity contribution is 14.1. The molecule has 4 heteroatoms. The predicted octanol–water partition coefficient (Wildman–Crippen LogP) is 4.27. The number of ether oxygens (including phenoxy) is 1. The summed E-state index contributed by atoms with van der Waals surface area (Å²) in [5.74, 6) is -0.489. The van der Waals surface area contributed by atoms with Gasteiger partial charge in [0.1, 0.15) is 6.10 Å². The number of rotatable bonds is 5. The SMILES string of the molecule is CCOC(=O)/C(=C/I)C(O)c1ccc(-c2ccccc2)cc1. The fourth-order valence-corrected chi connectivity index (χ4v) is 2.69. The Morgan fingerprint density at radius 3 is 2.27 bits per heavy atom. The lowest BCUT2D eigenvalue weighted by atomic mass is 9.99. The van der Waals surface area contributed by atoms with E-state index >= 15 is 0 Å². The third kappa shape index (κ3) is 3.96. The molecule has 0 aliphatic carbocycles. The Hall–Kier alpha value is -1.66. The topological polar surface area (TPSA) is 46.5 Å². The van der Waals surface area contributed by atoms with Gasteiger partial charge in [0.05, 0.1) is 12.2 Å². The van der Waals surface area contributed by atoms with Crippen LogP contribution in [0.25, 0.3) is 11.1 Å². The van der Waals surface area contributed by atoms with Crippen molar-refractivity contribution in [3.63, 3.8) is 0 Å². The first kappa shape index (κ1) is 16.7. The molecule has 0 aliphatic heterocycles. The summed E-state index contributed by atoms with van der Waals surface area (Å²) in [6.07, 6.45) is -0.985. The quantitative estimate of drug-likeness (QED) is 0.457. The van der Waals surface area contributed by atoms with Gasteiger partial charge < -0.3 is 9.84 Å². The molecule has 0 aromatic heterocycles. The summed E-state index contributed by atoms with van der Waals surface area (Å²) >= 11 is 1.94. The first-order valence-electron chi connectivity index (χ1n) is 6.98. The van der Waals surface area contributed by atoms with E-state index in [4.69, 9.17) is 4.74 Å². The molecule has 2 aromatic carbocycles. The average molecular weight is 408 g/mol. The Bertz CT molecular complexity index is 648. The molecular formula is C18H17IO3. The summed E-state index contributed by atoms with van der Waals surface area (Å²) in [7, 11) is 0. The van der Waals surface area contributed by atoms with Crippen molar-refractivity contribution in [1.29, 1.82) is 0 Å². The molecule has 3 nitrogen and oxygen atoms in total. The fourth-order valence-electron chi connectivity index (χ4n) is 2.10. The van der Waals surface area contributed by atoms with Crippen LogP contribution >= 0.6 is 22.6 Å². The third-order valence-corrected chi connectivity index (χ3v) is 3.93. The molecule has 0 aliphatic rings. The molecule has 1 unspecified atom stereocenters. The van der Waals surface area contributed by atoms with Crippen molar-refractivity contribution in [1.82, 2.24) is 0 Å². The van der Waals surface area contributed by atoms with E-state index < -0.39 is 12.1 Å². The van der Waals surface area contributed by atoms with Gasteiger partial charge >= 0.3 is 5.97 Å². The van der Waals surface area contributed by atoms with Crippen molar-refractivity contribution >= 4 is 28.6 Å². The Morgan fingerprint density at radius 2 is 1.73 bits per heavy atom. The largest absolute Gasteiger partial charge is 0.463 e. The van der Waals surface area contributed by atoms with Crippen molar-refractivity contribution in [3.8, 4) is 11.1 Å². The summed E-state index contributed by atoms with van der Waals surface area (Å²) < 4.78 is 6.52. The molecule has 114 valence electrons. The van der Waals surface area contributed by atoms with E-state index in [0.29, 0.717) is 5.56 Å². The van der Waals surface area contributed by atoms with Crippen molar-refractivity contribution in [2.75, 3.05) is 6.61 Å². The summed E-state index contributed by atoms with van der Waals surface area (Å²) in [5, 5.41) is 10.4. The van der Waals surface area contributed by atoms with Crippen molar-refractivity contribution in [2.45, 2.75) is 13.0 Å². The number of carbonyl (C=O) groups excluding carboxylic acids is 1. The number of carbonyl (C=O) groups is 1. The maximum absolute atomic E-state index is 11.8. The number of halogens is 1. The smallest absolute Gasteiger partial charge is 0.337 e.